The molecule has 1 saturated heterocycles. The summed E-state index contributed by atoms with van der Waals surface area (Å²) in [7, 11) is 0. The van der Waals surface area contributed by atoms with Gasteiger partial charge in [-0.2, -0.15) is 6.42 Å². The second-order valence-corrected chi connectivity index (χ2v) is 5.34. The average molecular weight is 271 g/mol. The van der Waals surface area contributed by atoms with Crippen LogP contribution in [0.15, 0.2) is 0 Å². The maximum absolute atomic E-state index is 3.91. The van der Waals surface area contributed by atoms with Crippen molar-refractivity contribution >= 4 is 0 Å². The Morgan fingerprint density at radius 2 is 1.71 bits per heavy atom. The minimum absolute atomic E-state index is 0. The molecular formula is C12H24NY-. The SMILES string of the molecule is [CH2-]CCN1CCC(C(C)(C)C)CC1.[Y]. The van der Waals surface area contributed by atoms with Crippen LogP contribution in [0.25, 0.3) is 0 Å². The van der Waals surface area contributed by atoms with Crippen LogP contribution in [-0.2, 0) is 32.7 Å². The van der Waals surface area contributed by atoms with Gasteiger partial charge in [-0.1, -0.05) is 20.8 Å². The molecule has 1 heterocycles. The predicted octanol–water partition coefficient (Wildman–Crippen LogP) is 2.97. The summed E-state index contributed by atoms with van der Waals surface area (Å²) in [5, 5.41) is 0. The van der Waals surface area contributed by atoms with E-state index in [-0.39, 0.29) is 32.7 Å². The van der Waals surface area contributed by atoms with Gasteiger partial charge in [-0.25, -0.2) is 0 Å². The molecule has 81 valence electrons. The maximum Gasteiger partial charge on any atom is 0 e. The molecule has 1 nitrogen and oxygen atoms in total. The number of likely N-dealkylation sites (tertiary alicyclic amines) is 1. The van der Waals surface area contributed by atoms with Crippen LogP contribution in [0.3, 0.4) is 0 Å². The van der Waals surface area contributed by atoms with Gasteiger partial charge in [0.25, 0.3) is 0 Å². The molecule has 0 aromatic carbocycles. The largest absolute Gasteiger partial charge is 0.342 e. The van der Waals surface area contributed by atoms with Crippen LogP contribution >= 0.6 is 0 Å². The van der Waals surface area contributed by atoms with Crippen LogP contribution in [0.1, 0.15) is 40.0 Å². The molecule has 0 bridgehead atoms. The van der Waals surface area contributed by atoms with Crippen molar-refractivity contribution in [2.45, 2.75) is 40.0 Å². The van der Waals surface area contributed by atoms with E-state index < -0.39 is 0 Å². The van der Waals surface area contributed by atoms with Gasteiger partial charge in [0.2, 0.25) is 0 Å². The molecule has 0 atom stereocenters. The summed E-state index contributed by atoms with van der Waals surface area (Å²) in [4.78, 5) is 2.55. The van der Waals surface area contributed by atoms with E-state index in [1.807, 2.05) is 0 Å². The molecule has 1 fully saturated rings. The molecule has 0 amide bonds. The van der Waals surface area contributed by atoms with Crippen LogP contribution < -0.4 is 0 Å². The van der Waals surface area contributed by atoms with E-state index >= 15 is 0 Å². The van der Waals surface area contributed by atoms with Gasteiger partial charge in [0.15, 0.2) is 0 Å². The van der Waals surface area contributed by atoms with Gasteiger partial charge < -0.3 is 11.8 Å². The zero-order chi connectivity index (χ0) is 9.90. The maximum atomic E-state index is 3.91. The zero-order valence-corrected chi connectivity index (χ0v) is 12.9. The minimum atomic E-state index is 0. The van der Waals surface area contributed by atoms with Gasteiger partial charge in [-0.3, -0.25) is 0 Å². The first kappa shape index (κ1) is 15.1. The van der Waals surface area contributed by atoms with Crippen LogP contribution in [0.4, 0.5) is 0 Å². The molecule has 1 rings (SSSR count). The monoisotopic (exact) mass is 271 g/mol. The van der Waals surface area contributed by atoms with Gasteiger partial charge in [-0.05, 0) is 43.8 Å². The molecule has 0 aliphatic carbocycles. The first-order valence-electron chi connectivity index (χ1n) is 5.55. The molecule has 1 aliphatic rings. The number of hydrogen-bond donors (Lipinski definition) is 0. The second kappa shape index (κ2) is 6.60. The molecule has 1 aliphatic heterocycles. The Balaban J connectivity index is 0.00000169. The Hall–Kier alpha value is 1.06. The van der Waals surface area contributed by atoms with E-state index in [0.717, 1.165) is 12.3 Å². The molecule has 1 radical (unpaired) electrons. The third-order valence-corrected chi connectivity index (χ3v) is 3.29. The summed E-state index contributed by atoms with van der Waals surface area (Å²) in [6.07, 6.45) is 3.81. The average Bonchev–Trinajstić information content (AvgIpc) is 2.04. The molecule has 0 unspecified atom stereocenters. The summed E-state index contributed by atoms with van der Waals surface area (Å²) in [5.41, 5.74) is 0.510. The summed E-state index contributed by atoms with van der Waals surface area (Å²) >= 11 is 0. The van der Waals surface area contributed by atoms with Gasteiger partial charge in [-0.15, -0.1) is 0 Å². The van der Waals surface area contributed by atoms with Gasteiger partial charge in [0.1, 0.15) is 0 Å². The smallest absolute Gasteiger partial charge is 0 e. The van der Waals surface area contributed by atoms with Gasteiger partial charge in [0.05, 0.1) is 0 Å². The predicted molar refractivity (Wildman–Crippen MR) is 58.6 cm³/mol. The first-order chi connectivity index (χ1) is 6.04. The van der Waals surface area contributed by atoms with Crippen LogP contribution in [-0.4, -0.2) is 24.5 Å². The van der Waals surface area contributed by atoms with Crippen molar-refractivity contribution < 1.29 is 32.7 Å². The molecular weight excluding hydrogens is 247 g/mol. The van der Waals surface area contributed by atoms with E-state index in [1.54, 1.807) is 0 Å². The molecule has 0 saturated carbocycles. The van der Waals surface area contributed by atoms with Crippen molar-refractivity contribution in [3.63, 3.8) is 0 Å². The van der Waals surface area contributed by atoms with E-state index in [9.17, 15) is 0 Å². The van der Waals surface area contributed by atoms with E-state index in [2.05, 4.69) is 32.6 Å². The fourth-order valence-electron chi connectivity index (χ4n) is 2.25. The summed E-state index contributed by atoms with van der Waals surface area (Å²) in [5.74, 6) is 0.925. The van der Waals surface area contributed by atoms with Crippen molar-refractivity contribution in [2.24, 2.45) is 11.3 Å². The van der Waals surface area contributed by atoms with Crippen LogP contribution in [0.2, 0.25) is 0 Å². The van der Waals surface area contributed by atoms with Crippen LogP contribution in [0.5, 0.6) is 0 Å². The van der Waals surface area contributed by atoms with Gasteiger partial charge >= 0.3 is 0 Å². The fourth-order valence-corrected chi connectivity index (χ4v) is 2.25. The van der Waals surface area contributed by atoms with E-state index in [1.165, 1.54) is 32.5 Å². The summed E-state index contributed by atoms with van der Waals surface area (Å²) in [6.45, 7) is 14.8. The van der Waals surface area contributed by atoms with E-state index in [0.29, 0.717) is 5.41 Å². The Bertz CT molecular complexity index is 143. The number of rotatable bonds is 2. The van der Waals surface area contributed by atoms with Crippen LogP contribution in [0, 0.1) is 18.3 Å². The molecule has 0 aromatic heterocycles. The topological polar surface area (TPSA) is 3.24 Å². The third-order valence-electron chi connectivity index (χ3n) is 3.29. The molecule has 14 heavy (non-hydrogen) atoms. The Morgan fingerprint density at radius 3 is 2.07 bits per heavy atom. The molecule has 0 N–H and O–H groups in total. The van der Waals surface area contributed by atoms with Crippen molar-refractivity contribution in [3.05, 3.63) is 6.92 Å². The Kier molecular flexibility index (Phi) is 7.11. The number of nitrogens with zero attached hydrogens (tertiary/aromatic N) is 1. The third kappa shape index (κ3) is 4.72. The second-order valence-electron chi connectivity index (χ2n) is 5.34. The normalized spacial score (nSPS) is 20.6. The van der Waals surface area contributed by atoms with Crippen molar-refractivity contribution in [1.29, 1.82) is 0 Å². The summed E-state index contributed by atoms with van der Waals surface area (Å²) < 4.78 is 0. The van der Waals surface area contributed by atoms with Crippen molar-refractivity contribution in [1.82, 2.24) is 4.90 Å². The fraction of sp³-hybridized carbons (Fsp3) is 0.917. The number of hydrogen-bond acceptors (Lipinski definition) is 1. The molecule has 2 heteroatoms. The van der Waals surface area contributed by atoms with Crippen molar-refractivity contribution in [2.75, 3.05) is 19.6 Å². The zero-order valence-electron chi connectivity index (χ0n) is 10.1. The van der Waals surface area contributed by atoms with Crippen molar-refractivity contribution in [3.8, 4) is 0 Å². The molecule has 0 spiro atoms. The van der Waals surface area contributed by atoms with E-state index in [4.69, 9.17) is 0 Å². The standard InChI is InChI=1S/C12H24N.Y/c1-5-8-13-9-6-11(7-10-13)12(2,3)4;/h11H,1,5-10H2,2-4H3;/q-1;. The quantitative estimate of drug-likeness (QED) is 0.698. The molecule has 0 aromatic rings. The van der Waals surface area contributed by atoms with Gasteiger partial charge in [0, 0.05) is 32.7 Å². The first-order valence-corrected chi connectivity index (χ1v) is 5.55. The Morgan fingerprint density at radius 1 is 1.21 bits per heavy atom. The number of piperidine rings is 1. The Labute approximate surface area is 115 Å². The summed E-state index contributed by atoms with van der Waals surface area (Å²) in [6, 6.07) is 0. The minimum Gasteiger partial charge on any atom is -0.342 e.